The minimum absolute atomic E-state index is 0.230. The molecule has 0 unspecified atom stereocenters. The highest BCUT2D eigenvalue weighted by atomic mass is 16.5. The SMILES string of the molecule is COc1cc(C(C)C)c2c(cc(C(=O)O)n2C)c1OC. The summed E-state index contributed by atoms with van der Waals surface area (Å²) in [6.07, 6.45) is 0. The van der Waals surface area contributed by atoms with Crippen LogP contribution in [0.1, 0.15) is 35.8 Å². The van der Waals surface area contributed by atoms with Crippen LogP contribution in [0.4, 0.5) is 0 Å². The smallest absolute Gasteiger partial charge is 0.352 e. The van der Waals surface area contributed by atoms with Crippen LogP contribution in [0, 0.1) is 0 Å². The molecule has 0 aliphatic rings. The summed E-state index contributed by atoms with van der Waals surface area (Å²) in [5.74, 6) is 0.466. The number of hydrogen-bond acceptors (Lipinski definition) is 3. The van der Waals surface area contributed by atoms with Gasteiger partial charge in [0.1, 0.15) is 5.69 Å². The molecule has 0 spiro atoms. The van der Waals surface area contributed by atoms with E-state index < -0.39 is 5.97 Å². The number of carbonyl (C=O) groups is 1. The van der Waals surface area contributed by atoms with Crippen LogP contribution in [-0.4, -0.2) is 29.9 Å². The third-order valence-electron chi connectivity index (χ3n) is 3.53. The van der Waals surface area contributed by atoms with Gasteiger partial charge in [0, 0.05) is 12.4 Å². The summed E-state index contributed by atoms with van der Waals surface area (Å²) in [5, 5.41) is 10.1. The summed E-state index contributed by atoms with van der Waals surface area (Å²) in [4.78, 5) is 11.3. The van der Waals surface area contributed by atoms with Gasteiger partial charge in [0.15, 0.2) is 11.5 Å². The Morgan fingerprint density at radius 1 is 1.25 bits per heavy atom. The van der Waals surface area contributed by atoms with Gasteiger partial charge in [0.05, 0.1) is 19.7 Å². The molecule has 0 saturated carbocycles. The van der Waals surface area contributed by atoms with Gasteiger partial charge in [0.2, 0.25) is 0 Å². The van der Waals surface area contributed by atoms with Gasteiger partial charge in [-0.2, -0.15) is 0 Å². The van der Waals surface area contributed by atoms with Crippen molar-refractivity contribution in [2.24, 2.45) is 7.05 Å². The zero-order valence-corrected chi connectivity index (χ0v) is 12.4. The Hall–Kier alpha value is -2.17. The van der Waals surface area contributed by atoms with Crippen LogP contribution in [0.5, 0.6) is 11.5 Å². The van der Waals surface area contributed by atoms with Gasteiger partial charge in [-0.1, -0.05) is 13.8 Å². The van der Waals surface area contributed by atoms with Crippen LogP contribution >= 0.6 is 0 Å². The molecule has 1 aromatic carbocycles. The van der Waals surface area contributed by atoms with Crippen LogP contribution in [0.15, 0.2) is 12.1 Å². The van der Waals surface area contributed by atoms with Gasteiger partial charge >= 0.3 is 5.97 Å². The average molecular weight is 277 g/mol. The van der Waals surface area contributed by atoms with E-state index in [2.05, 4.69) is 13.8 Å². The maximum Gasteiger partial charge on any atom is 0.352 e. The van der Waals surface area contributed by atoms with E-state index >= 15 is 0 Å². The van der Waals surface area contributed by atoms with Crippen LogP contribution in [0.25, 0.3) is 10.9 Å². The number of nitrogens with zero attached hydrogens (tertiary/aromatic N) is 1. The van der Waals surface area contributed by atoms with Crippen molar-refractivity contribution in [3.63, 3.8) is 0 Å². The van der Waals surface area contributed by atoms with E-state index in [0.717, 1.165) is 16.5 Å². The van der Waals surface area contributed by atoms with E-state index in [1.807, 2.05) is 6.07 Å². The zero-order valence-electron chi connectivity index (χ0n) is 12.4. The third-order valence-corrected chi connectivity index (χ3v) is 3.53. The Labute approximate surface area is 117 Å². The number of aromatic nitrogens is 1. The Balaban J connectivity index is 2.96. The summed E-state index contributed by atoms with van der Waals surface area (Å²) < 4.78 is 12.5. The standard InChI is InChI=1S/C15H19NO4/c1-8(2)9-7-12(19-4)14(20-5)10-6-11(15(17)18)16(3)13(9)10/h6-8H,1-5H3,(H,17,18). The number of carboxylic acids is 1. The lowest BCUT2D eigenvalue weighted by Crippen LogP contribution is -2.05. The van der Waals surface area contributed by atoms with Gasteiger partial charge in [0.25, 0.3) is 0 Å². The molecule has 5 heteroatoms. The van der Waals surface area contributed by atoms with Crippen molar-refractivity contribution in [1.82, 2.24) is 4.57 Å². The molecule has 0 aliphatic carbocycles. The van der Waals surface area contributed by atoms with Crippen molar-refractivity contribution < 1.29 is 19.4 Å². The fourth-order valence-electron chi connectivity index (χ4n) is 2.54. The molecule has 0 atom stereocenters. The molecule has 2 aromatic rings. The molecule has 0 radical (unpaired) electrons. The first-order valence-electron chi connectivity index (χ1n) is 6.39. The van der Waals surface area contributed by atoms with Crippen LogP contribution in [0.3, 0.4) is 0 Å². The molecule has 0 aliphatic heterocycles. The van der Waals surface area contributed by atoms with E-state index in [4.69, 9.17) is 9.47 Å². The van der Waals surface area contributed by atoms with Crippen LogP contribution < -0.4 is 9.47 Å². The van der Waals surface area contributed by atoms with E-state index in [1.54, 1.807) is 31.9 Å². The first-order chi connectivity index (χ1) is 9.42. The number of aryl methyl sites for hydroxylation is 1. The predicted molar refractivity (Wildman–Crippen MR) is 77.1 cm³/mol. The lowest BCUT2D eigenvalue weighted by molar-refractivity contribution is 0.0687. The van der Waals surface area contributed by atoms with Crippen molar-refractivity contribution in [3.05, 3.63) is 23.4 Å². The summed E-state index contributed by atoms with van der Waals surface area (Å²) in [6.45, 7) is 4.13. The summed E-state index contributed by atoms with van der Waals surface area (Å²) in [7, 11) is 4.89. The van der Waals surface area contributed by atoms with E-state index in [9.17, 15) is 9.90 Å². The predicted octanol–water partition coefficient (Wildman–Crippen LogP) is 3.02. The number of hydrogen-bond donors (Lipinski definition) is 1. The Kier molecular flexibility index (Phi) is 3.61. The topological polar surface area (TPSA) is 60.7 Å². The molecule has 0 amide bonds. The number of aromatic carboxylic acids is 1. The second-order valence-electron chi connectivity index (χ2n) is 5.01. The number of carboxylic acid groups (broad SMARTS) is 1. The van der Waals surface area contributed by atoms with E-state index in [-0.39, 0.29) is 11.6 Å². The fourth-order valence-corrected chi connectivity index (χ4v) is 2.54. The van der Waals surface area contributed by atoms with Crippen LogP contribution in [-0.2, 0) is 7.05 Å². The van der Waals surface area contributed by atoms with Crippen LogP contribution in [0.2, 0.25) is 0 Å². The number of methoxy groups -OCH3 is 2. The van der Waals surface area contributed by atoms with Gasteiger partial charge in [-0.3, -0.25) is 0 Å². The zero-order chi connectivity index (χ0) is 15.0. The van der Waals surface area contributed by atoms with Crippen molar-refractivity contribution in [1.29, 1.82) is 0 Å². The molecule has 1 aromatic heterocycles. The minimum atomic E-state index is -0.959. The highest BCUT2D eigenvalue weighted by Gasteiger charge is 2.22. The highest BCUT2D eigenvalue weighted by Crippen LogP contribution is 2.41. The van der Waals surface area contributed by atoms with Crippen molar-refractivity contribution in [2.45, 2.75) is 19.8 Å². The van der Waals surface area contributed by atoms with Gasteiger partial charge < -0.3 is 19.1 Å². The van der Waals surface area contributed by atoms with Crippen molar-refractivity contribution >= 4 is 16.9 Å². The summed E-state index contributed by atoms with van der Waals surface area (Å²) in [6, 6.07) is 3.54. The fraction of sp³-hybridized carbons (Fsp3) is 0.400. The molecule has 1 N–H and O–H groups in total. The van der Waals surface area contributed by atoms with E-state index in [1.165, 1.54) is 0 Å². The Morgan fingerprint density at radius 2 is 1.90 bits per heavy atom. The second-order valence-corrected chi connectivity index (χ2v) is 5.01. The minimum Gasteiger partial charge on any atom is -0.493 e. The molecular formula is C15H19NO4. The lowest BCUT2D eigenvalue weighted by atomic mass is 9.99. The molecular weight excluding hydrogens is 258 g/mol. The first kappa shape index (κ1) is 14.2. The molecule has 5 nitrogen and oxygen atoms in total. The monoisotopic (exact) mass is 277 g/mol. The quantitative estimate of drug-likeness (QED) is 0.933. The van der Waals surface area contributed by atoms with Gasteiger partial charge in [-0.25, -0.2) is 4.79 Å². The number of fused-ring (bicyclic) bond motifs is 1. The third kappa shape index (κ3) is 1.99. The normalized spacial score (nSPS) is 11.1. The molecule has 0 saturated heterocycles. The summed E-state index contributed by atoms with van der Waals surface area (Å²) >= 11 is 0. The van der Waals surface area contributed by atoms with Crippen molar-refractivity contribution in [2.75, 3.05) is 14.2 Å². The molecule has 108 valence electrons. The molecule has 0 bridgehead atoms. The van der Waals surface area contributed by atoms with E-state index in [0.29, 0.717) is 11.5 Å². The summed E-state index contributed by atoms with van der Waals surface area (Å²) in [5.41, 5.74) is 2.14. The average Bonchev–Trinajstić information content (AvgIpc) is 2.74. The largest absolute Gasteiger partial charge is 0.493 e. The number of benzene rings is 1. The Morgan fingerprint density at radius 3 is 2.35 bits per heavy atom. The lowest BCUT2D eigenvalue weighted by Gasteiger charge is -2.15. The molecule has 2 rings (SSSR count). The molecule has 1 heterocycles. The number of rotatable bonds is 4. The van der Waals surface area contributed by atoms with Crippen molar-refractivity contribution in [3.8, 4) is 11.5 Å². The maximum atomic E-state index is 11.3. The van der Waals surface area contributed by atoms with Gasteiger partial charge in [-0.05, 0) is 23.6 Å². The first-order valence-corrected chi connectivity index (χ1v) is 6.39. The van der Waals surface area contributed by atoms with Gasteiger partial charge in [-0.15, -0.1) is 0 Å². The molecule has 0 fully saturated rings. The Bertz CT molecular complexity index is 670. The number of ether oxygens (including phenoxy) is 2. The highest BCUT2D eigenvalue weighted by molar-refractivity contribution is 5.99. The second kappa shape index (κ2) is 5.07. The maximum absolute atomic E-state index is 11.3. The molecule has 20 heavy (non-hydrogen) atoms.